The minimum absolute atomic E-state index is 0.000503. The van der Waals surface area contributed by atoms with Crippen molar-refractivity contribution in [1.29, 1.82) is 0 Å². The minimum Gasteiger partial charge on any atom is -0.450 e. The molecule has 0 N–H and O–H groups in total. The topological polar surface area (TPSA) is 70.2 Å². The second kappa shape index (κ2) is 12.3. The van der Waals surface area contributed by atoms with Crippen LogP contribution < -0.4 is 0 Å². The van der Waals surface area contributed by atoms with Crippen LogP contribution in [0.3, 0.4) is 0 Å². The van der Waals surface area contributed by atoms with Gasteiger partial charge in [-0.3, -0.25) is 9.59 Å². The van der Waals surface area contributed by atoms with Crippen molar-refractivity contribution in [1.82, 2.24) is 14.7 Å². The Labute approximate surface area is 235 Å². The molecule has 2 aliphatic heterocycles. The maximum Gasteiger partial charge on any atom is 0.409 e. The van der Waals surface area contributed by atoms with E-state index in [4.69, 9.17) is 4.74 Å². The standard InChI is InChI=1S/C31H37N3O4S/c1-3-38-31(37)33-16-14-32(15-17-33)29(35)25-12-13-27-26(20-25)34(21-24-11-7-8-22(2)18-24)30(36)28(39-27)19-23-9-5-4-6-10-23/h4-11,18-19,25-27H,3,12-17,20-21H2,1-2H3/b28-19-. The number of thioether (sulfide) groups is 1. The van der Waals surface area contributed by atoms with E-state index in [1.165, 1.54) is 5.56 Å². The van der Waals surface area contributed by atoms with Gasteiger partial charge in [0.2, 0.25) is 5.91 Å². The van der Waals surface area contributed by atoms with E-state index in [1.54, 1.807) is 23.6 Å². The predicted molar refractivity (Wildman–Crippen MR) is 154 cm³/mol. The molecule has 2 heterocycles. The molecule has 39 heavy (non-hydrogen) atoms. The highest BCUT2D eigenvalue weighted by Crippen LogP contribution is 2.44. The lowest BCUT2D eigenvalue weighted by Gasteiger charge is -2.47. The van der Waals surface area contributed by atoms with Crippen LogP contribution in [0, 0.1) is 12.8 Å². The summed E-state index contributed by atoms with van der Waals surface area (Å²) in [5, 5.41) is 0.257. The zero-order chi connectivity index (χ0) is 27.4. The highest BCUT2D eigenvalue weighted by molar-refractivity contribution is 8.04. The van der Waals surface area contributed by atoms with Crippen LogP contribution in [0.25, 0.3) is 6.08 Å². The van der Waals surface area contributed by atoms with Gasteiger partial charge in [-0.2, -0.15) is 0 Å². The van der Waals surface area contributed by atoms with Crippen molar-refractivity contribution in [3.63, 3.8) is 0 Å². The Morgan fingerprint density at radius 2 is 1.74 bits per heavy atom. The molecule has 3 aliphatic rings. The van der Waals surface area contributed by atoms with Gasteiger partial charge in [0, 0.05) is 49.9 Å². The monoisotopic (exact) mass is 547 g/mol. The van der Waals surface area contributed by atoms with Gasteiger partial charge in [0.15, 0.2) is 0 Å². The number of benzene rings is 2. The van der Waals surface area contributed by atoms with Gasteiger partial charge in [0.1, 0.15) is 0 Å². The van der Waals surface area contributed by atoms with Crippen molar-refractivity contribution in [2.24, 2.45) is 5.92 Å². The van der Waals surface area contributed by atoms with Gasteiger partial charge in [-0.15, -0.1) is 11.8 Å². The molecule has 1 aliphatic carbocycles. The van der Waals surface area contributed by atoms with Gasteiger partial charge in [0.05, 0.1) is 11.5 Å². The number of carbonyl (C=O) groups is 3. The molecule has 2 aromatic rings. The quantitative estimate of drug-likeness (QED) is 0.496. The SMILES string of the molecule is CCOC(=O)N1CCN(C(=O)C2CCC3S/C(=C\c4ccccc4)C(=O)N(Cc4cccc(C)c4)C3C2)CC1. The number of aryl methyl sites for hydroxylation is 1. The second-order valence-corrected chi connectivity index (χ2v) is 11.9. The van der Waals surface area contributed by atoms with Crippen molar-refractivity contribution in [2.45, 2.75) is 50.9 Å². The van der Waals surface area contributed by atoms with Crippen molar-refractivity contribution >= 4 is 35.7 Å². The summed E-state index contributed by atoms with van der Waals surface area (Å²) in [6, 6.07) is 18.3. The zero-order valence-corrected chi connectivity index (χ0v) is 23.6. The van der Waals surface area contributed by atoms with E-state index in [1.807, 2.05) is 52.3 Å². The van der Waals surface area contributed by atoms with E-state index in [2.05, 4.69) is 25.1 Å². The Morgan fingerprint density at radius 1 is 1.00 bits per heavy atom. The van der Waals surface area contributed by atoms with E-state index < -0.39 is 0 Å². The third-order valence-corrected chi connectivity index (χ3v) is 9.30. The molecule has 5 rings (SSSR count). The van der Waals surface area contributed by atoms with Crippen LogP contribution in [0.5, 0.6) is 0 Å². The molecule has 206 valence electrons. The Hall–Kier alpha value is -3.26. The normalized spacial score (nSPS) is 24.5. The van der Waals surface area contributed by atoms with E-state index >= 15 is 0 Å². The molecule has 1 saturated carbocycles. The molecule has 0 radical (unpaired) electrons. The van der Waals surface area contributed by atoms with Crippen LogP contribution in [0.15, 0.2) is 59.5 Å². The lowest BCUT2D eigenvalue weighted by Crippen LogP contribution is -2.56. The zero-order valence-electron chi connectivity index (χ0n) is 22.8. The summed E-state index contributed by atoms with van der Waals surface area (Å²) >= 11 is 1.68. The molecule has 3 unspecified atom stereocenters. The van der Waals surface area contributed by atoms with Crippen LogP contribution in [-0.2, 0) is 20.9 Å². The van der Waals surface area contributed by atoms with E-state index in [0.29, 0.717) is 45.8 Å². The number of hydrogen-bond acceptors (Lipinski definition) is 5. The van der Waals surface area contributed by atoms with Crippen molar-refractivity contribution in [2.75, 3.05) is 32.8 Å². The van der Waals surface area contributed by atoms with Crippen molar-refractivity contribution < 1.29 is 19.1 Å². The van der Waals surface area contributed by atoms with Crippen LogP contribution in [0.4, 0.5) is 4.79 Å². The Balaban J connectivity index is 1.32. The molecule has 0 aromatic heterocycles. The molecule has 0 bridgehead atoms. The van der Waals surface area contributed by atoms with E-state index in [-0.39, 0.29) is 35.1 Å². The molecule has 2 saturated heterocycles. The van der Waals surface area contributed by atoms with Gasteiger partial charge < -0.3 is 19.4 Å². The molecule has 2 aromatic carbocycles. The fourth-order valence-corrected chi connectivity index (χ4v) is 7.31. The Kier molecular flexibility index (Phi) is 8.60. The summed E-state index contributed by atoms with van der Waals surface area (Å²) in [7, 11) is 0. The van der Waals surface area contributed by atoms with Crippen LogP contribution in [0.2, 0.25) is 0 Å². The smallest absolute Gasteiger partial charge is 0.409 e. The van der Waals surface area contributed by atoms with Crippen molar-refractivity contribution in [3.05, 3.63) is 76.2 Å². The molecule has 8 heteroatoms. The highest BCUT2D eigenvalue weighted by Gasteiger charge is 2.45. The first kappa shape index (κ1) is 27.3. The van der Waals surface area contributed by atoms with Gasteiger partial charge in [-0.1, -0.05) is 60.2 Å². The fraction of sp³-hybridized carbons (Fsp3) is 0.452. The molecular weight excluding hydrogens is 510 g/mol. The van der Waals surface area contributed by atoms with Gasteiger partial charge >= 0.3 is 6.09 Å². The number of carbonyl (C=O) groups excluding carboxylic acids is 3. The van der Waals surface area contributed by atoms with Crippen LogP contribution >= 0.6 is 11.8 Å². The second-order valence-electron chi connectivity index (χ2n) is 10.6. The molecule has 3 amide bonds. The Morgan fingerprint density at radius 3 is 2.46 bits per heavy atom. The summed E-state index contributed by atoms with van der Waals surface area (Å²) in [6.45, 7) is 6.77. The number of piperazine rings is 1. The first-order valence-electron chi connectivity index (χ1n) is 13.9. The predicted octanol–water partition coefficient (Wildman–Crippen LogP) is 4.95. The summed E-state index contributed by atoms with van der Waals surface area (Å²) in [5.41, 5.74) is 3.30. The molecule has 7 nitrogen and oxygen atoms in total. The molecule has 3 fully saturated rings. The fourth-order valence-electron chi connectivity index (χ4n) is 5.89. The summed E-state index contributed by atoms with van der Waals surface area (Å²) in [6.07, 6.45) is 4.07. The van der Waals surface area contributed by atoms with Crippen LogP contribution in [-0.4, -0.2) is 76.7 Å². The number of hydrogen-bond donors (Lipinski definition) is 0. The first-order chi connectivity index (χ1) is 18.9. The molecular formula is C31H37N3O4S. The maximum absolute atomic E-state index is 13.9. The summed E-state index contributed by atoms with van der Waals surface area (Å²) < 4.78 is 5.12. The maximum atomic E-state index is 13.9. The van der Waals surface area contributed by atoms with Crippen molar-refractivity contribution in [3.8, 4) is 0 Å². The number of nitrogens with zero attached hydrogens (tertiary/aromatic N) is 3. The minimum atomic E-state index is -0.311. The summed E-state index contributed by atoms with van der Waals surface area (Å²) in [4.78, 5) is 45.9. The third-order valence-electron chi connectivity index (χ3n) is 7.90. The van der Waals surface area contributed by atoms with Crippen LogP contribution in [0.1, 0.15) is 42.9 Å². The largest absolute Gasteiger partial charge is 0.450 e. The lowest BCUT2D eigenvalue weighted by atomic mass is 9.83. The van der Waals surface area contributed by atoms with Gasteiger partial charge in [-0.05, 0) is 50.3 Å². The van der Waals surface area contributed by atoms with E-state index in [0.717, 1.165) is 28.9 Å². The number of amides is 3. The molecule has 0 spiro atoms. The number of fused-ring (bicyclic) bond motifs is 1. The first-order valence-corrected chi connectivity index (χ1v) is 14.8. The third kappa shape index (κ3) is 6.32. The lowest BCUT2D eigenvalue weighted by molar-refractivity contribution is -0.141. The average molecular weight is 548 g/mol. The molecule has 3 atom stereocenters. The Bertz CT molecular complexity index is 1230. The van der Waals surface area contributed by atoms with Gasteiger partial charge in [-0.25, -0.2) is 4.79 Å². The number of ether oxygens (including phenoxy) is 1. The average Bonchev–Trinajstić information content (AvgIpc) is 2.95. The van der Waals surface area contributed by atoms with Gasteiger partial charge in [0.25, 0.3) is 5.91 Å². The van der Waals surface area contributed by atoms with E-state index in [9.17, 15) is 14.4 Å². The summed E-state index contributed by atoms with van der Waals surface area (Å²) in [5.74, 6) is 0.0757. The highest BCUT2D eigenvalue weighted by atomic mass is 32.2. The number of rotatable bonds is 5.